The lowest BCUT2D eigenvalue weighted by Gasteiger charge is -2.14. The van der Waals surface area contributed by atoms with Crippen LogP contribution in [0.15, 0.2) is 0 Å². The molecule has 14 heavy (non-hydrogen) atoms. The molecule has 5 nitrogen and oxygen atoms in total. The number of carboxylic acids is 1. The Bertz CT molecular complexity index is 211. The van der Waals surface area contributed by atoms with E-state index in [0.717, 1.165) is 14.7 Å². The van der Waals surface area contributed by atoms with Gasteiger partial charge in [0.2, 0.25) is 5.91 Å². The number of carboxylic acid groups (broad SMARTS) is 1. The minimum atomic E-state index is -1.05. The summed E-state index contributed by atoms with van der Waals surface area (Å²) in [7, 11) is 0.758. The molecule has 0 saturated carbocycles. The third kappa shape index (κ3) is 5.14. The Morgan fingerprint density at radius 3 is 2.57 bits per heavy atom. The summed E-state index contributed by atoms with van der Waals surface area (Å²) in [5, 5.41) is 10.9. The van der Waals surface area contributed by atoms with E-state index in [0.29, 0.717) is 6.42 Å². The maximum absolute atomic E-state index is 11.3. The maximum Gasteiger partial charge on any atom is 0.325 e. The third-order valence-electron chi connectivity index (χ3n) is 1.77. The highest BCUT2D eigenvalue weighted by Gasteiger charge is 2.18. The summed E-state index contributed by atoms with van der Waals surface area (Å²) in [4.78, 5) is 21.7. The summed E-state index contributed by atoms with van der Waals surface area (Å²) in [6.07, 6.45) is 1.50. The Kier molecular flexibility index (Phi) is 6.41. The normalized spacial score (nSPS) is 15.4. The van der Waals surface area contributed by atoms with Crippen molar-refractivity contribution in [1.82, 2.24) is 5.32 Å². The number of nitrogens with one attached hydrogen (secondary N) is 1. The van der Waals surface area contributed by atoms with Crippen molar-refractivity contribution in [3.05, 3.63) is 0 Å². The second-order valence-corrected chi connectivity index (χ2v) is 4.27. The molecule has 0 aliphatic carbocycles. The summed E-state index contributed by atoms with van der Waals surface area (Å²) < 4.78 is 0. The van der Waals surface area contributed by atoms with Crippen LogP contribution >= 0.6 is 8.58 Å². The Morgan fingerprint density at radius 2 is 2.14 bits per heavy atom. The van der Waals surface area contributed by atoms with Crippen molar-refractivity contribution in [3.8, 4) is 0 Å². The summed E-state index contributed by atoms with van der Waals surface area (Å²) >= 11 is 0. The first-order valence-corrected chi connectivity index (χ1v) is 6.13. The second kappa shape index (κ2) is 6.74. The monoisotopic (exact) mass is 220 g/mol. The molecule has 0 spiro atoms. The van der Waals surface area contributed by atoms with Gasteiger partial charge in [0.25, 0.3) is 0 Å². The van der Waals surface area contributed by atoms with Crippen molar-refractivity contribution >= 4 is 20.5 Å². The topological polar surface area (TPSA) is 92.4 Å². The van der Waals surface area contributed by atoms with Crippen LogP contribution in [0.4, 0.5) is 0 Å². The minimum Gasteiger partial charge on any atom is -0.480 e. The molecule has 0 aliphatic heterocycles. The molecule has 1 amide bonds. The van der Waals surface area contributed by atoms with Gasteiger partial charge in [0.05, 0.1) is 6.04 Å². The van der Waals surface area contributed by atoms with Crippen LogP contribution in [0.5, 0.6) is 0 Å². The first-order chi connectivity index (χ1) is 6.49. The summed E-state index contributed by atoms with van der Waals surface area (Å²) in [6.45, 7) is 3.44. The molecule has 0 radical (unpaired) electrons. The molecule has 3 atom stereocenters. The van der Waals surface area contributed by atoms with Gasteiger partial charge in [-0.3, -0.25) is 9.59 Å². The first-order valence-electron chi connectivity index (χ1n) is 4.42. The first kappa shape index (κ1) is 13.3. The molecule has 0 rings (SSSR count). The Balaban J connectivity index is 3.88. The van der Waals surface area contributed by atoms with Gasteiger partial charge >= 0.3 is 5.97 Å². The smallest absolute Gasteiger partial charge is 0.325 e. The molecule has 0 fully saturated rings. The SMILES string of the molecule is CPCCC(N)C(=O)N[C@@H](C)C(=O)O. The fraction of sp³-hybridized carbons (Fsp3) is 0.750. The highest BCUT2D eigenvalue weighted by molar-refractivity contribution is 7.36. The van der Waals surface area contributed by atoms with Crippen LogP contribution in [0, 0.1) is 0 Å². The molecule has 0 saturated heterocycles. The fourth-order valence-electron chi connectivity index (χ4n) is 0.813. The lowest BCUT2D eigenvalue weighted by molar-refractivity contribution is -0.141. The summed E-state index contributed by atoms with van der Waals surface area (Å²) in [5.74, 6) is -1.44. The molecule has 82 valence electrons. The summed E-state index contributed by atoms with van der Waals surface area (Å²) in [6, 6.07) is -1.47. The number of hydrogen-bond donors (Lipinski definition) is 3. The minimum absolute atomic E-state index is 0.391. The molecule has 2 unspecified atom stereocenters. The van der Waals surface area contributed by atoms with Crippen LogP contribution in [0.2, 0.25) is 0 Å². The number of carbonyl (C=O) groups excluding carboxylic acids is 1. The molecule has 0 aromatic rings. The van der Waals surface area contributed by atoms with E-state index < -0.39 is 24.0 Å². The maximum atomic E-state index is 11.3. The van der Waals surface area contributed by atoms with Crippen LogP contribution in [-0.4, -0.2) is 41.9 Å². The van der Waals surface area contributed by atoms with Gasteiger partial charge in [0.15, 0.2) is 0 Å². The van der Waals surface area contributed by atoms with Crippen LogP contribution < -0.4 is 11.1 Å². The van der Waals surface area contributed by atoms with Gasteiger partial charge in [-0.2, -0.15) is 0 Å². The molecule has 0 aliphatic rings. The number of amides is 1. The van der Waals surface area contributed by atoms with Gasteiger partial charge in [0, 0.05) is 0 Å². The van der Waals surface area contributed by atoms with Crippen molar-refractivity contribution in [1.29, 1.82) is 0 Å². The van der Waals surface area contributed by atoms with Crippen LogP contribution in [-0.2, 0) is 9.59 Å². The zero-order chi connectivity index (χ0) is 11.1. The highest BCUT2D eigenvalue weighted by atomic mass is 31.1. The summed E-state index contributed by atoms with van der Waals surface area (Å²) in [5.41, 5.74) is 5.55. The van der Waals surface area contributed by atoms with Crippen molar-refractivity contribution in [3.63, 3.8) is 0 Å². The average Bonchev–Trinajstić information content (AvgIpc) is 2.13. The molecular weight excluding hydrogens is 203 g/mol. The molecule has 0 aromatic carbocycles. The zero-order valence-corrected chi connectivity index (χ0v) is 9.41. The van der Waals surface area contributed by atoms with Crippen molar-refractivity contribution in [2.45, 2.75) is 25.4 Å². The predicted octanol–water partition coefficient (Wildman–Crippen LogP) is -0.399. The van der Waals surface area contributed by atoms with E-state index in [1.807, 2.05) is 6.66 Å². The number of hydrogen-bond acceptors (Lipinski definition) is 3. The van der Waals surface area contributed by atoms with Crippen molar-refractivity contribution in [2.75, 3.05) is 12.8 Å². The van der Waals surface area contributed by atoms with E-state index in [2.05, 4.69) is 5.32 Å². The highest BCUT2D eigenvalue weighted by Crippen LogP contribution is 2.05. The Hall–Kier alpha value is -0.670. The lowest BCUT2D eigenvalue weighted by Crippen LogP contribution is -2.47. The quantitative estimate of drug-likeness (QED) is 0.531. The number of nitrogens with two attached hydrogens (primary N) is 1. The van der Waals surface area contributed by atoms with Crippen LogP contribution in [0.3, 0.4) is 0 Å². The number of aliphatic carboxylic acids is 1. The zero-order valence-electron chi connectivity index (χ0n) is 8.41. The Labute approximate surface area is 85.2 Å². The Morgan fingerprint density at radius 1 is 1.57 bits per heavy atom. The average molecular weight is 220 g/mol. The fourth-order valence-corrected chi connectivity index (χ4v) is 1.41. The molecule has 0 bridgehead atoms. The van der Waals surface area contributed by atoms with Crippen LogP contribution in [0.25, 0.3) is 0 Å². The van der Waals surface area contributed by atoms with Gasteiger partial charge in [-0.1, -0.05) is 0 Å². The third-order valence-corrected chi connectivity index (χ3v) is 2.56. The largest absolute Gasteiger partial charge is 0.480 e. The van der Waals surface area contributed by atoms with E-state index in [-0.39, 0.29) is 0 Å². The van der Waals surface area contributed by atoms with E-state index in [1.165, 1.54) is 6.92 Å². The number of carbonyl (C=O) groups is 2. The van der Waals surface area contributed by atoms with Crippen molar-refractivity contribution < 1.29 is 14.7 Å². The van der Waals surface area contributed by atoms with Gasteiger partial charge in [-0.05, 0) is 26.2 Å². The molecule has 4 N–H and O–H groups in total. The van der Waals surface area contributed by atoms with E-state index in [4.69, 9.17) is 10.8 Å². The van der Waals surface area contributed by atoms with E-state index >= 15 is 0 Å². The molecule has 0 heterocycles. The predicted molar refractivity (Wildman–Crippen MR) is 56.9 cm³/mol. The van der Waals surface area contributed by atoms with Gasteiger partial charge < -0.3 is 16.2 Å². The van der Waals surface area contributed by atoms with Gasteiger partial charge in [-0.15, -0.1) is 8.58 Å². The van der Waals surface area contributed by atoms with E-state index in [9.17, 15) is 9.59 Å². The van der Waals surface area contributed by atoms with Crippen LogP contribution in [0.1, 0.15) is 13.3 Å². The molecular formula is C8H17N2O3P. The van der Waals surface area contributed by atoms with Gasteiger partial charge in [-0.25, -0.2) is 0 Å². The number of rotatable bonds is 6. The van der Waals surface area contributed by atoms with E-state index in [1.54, 1.807) is 0 Å². The van der Waals surface area contributed by atoms with Crippen molar-refractivity contribution in [2.24, 2.45) is 5.73 Å². The standard InChI is InChI=1S/C8H17N2O3P/c1-5(8(12)13)10-7(11)6(9)3-4-14-2/h5-6,14H,3-4,9H2,1-2H3,(H,10,11)(H,12,13)/t5-,6?/m0/s1. The molecule has 6 heteroatoms. The van der Waals surface area contributed by atoms with Gasteiger partial charge in [0.1, 0.15) is 6.04 Å². The lowest BCUT2D eigenvalue weighted by atomic mass is 10.2. The second-order valence-electron chi connectivity index (χ2n) is 3.07. The molecule has 0 aromatic heterocycles.